The Bertz CT molecular complexity index is 389. The highest BCUT2D eigenvalue weighted by molar-refractivity contribution is 7.88. The molecular formula is C10H18N2O2S. The number of hydrogen-bond donors (Lipinski definition) is 0. The largest absolute Gasteiger partial charge is 0.213 e. The van der Waals surface area contributed by atoms with Crippen LogP contribution >= 0.6 is 0 Å². The molecule has 0 N–H and O–H groups in total. The molecule has 0 bridgehead atoms. The van der Waals surface area contributed by atoms with E-state index in [-0.39, 0.29) is 5.41 Å². The van der Waals surface area contributed by atoms with E-state index in [1.54, 1.807) is 0 Å². The van der Waals surface area contributed by atoms with Crippen molar-refractivity contribution in [2.24, 2.45) is 10.8 Å². The summed E-state index contributed by atoms with van der Waals surface area (Å²) in [5.41, 5.74) is -0.739. The first-order valence-corrected chi connectivity index (χ1v) is 6.84. The SMILES string of the molecule is CC(C)(C)C1(C#N)CCN(S(C)(=O)=O)C1. The molecular weight excluding hydrogens is 212 g/mol. The fourth-order valence-electron chi connectivity index (χ4n) is 1.93. The Labute approximate surface area is 91.9 Å². The second-order valence-electron chi connectivity index (χ2n) is 5.29. The van der Waals surface area contributed by atoms with Crippen molar-refractivity contribution in [2.45, 2.75) is 27.2 Å². The van der Waals surface area contributed by atoms with E-state index in [0.29, 0.717) is 19.5 Å². The molecule has 4 nitrogen and oxygen atoms in total. The second-order valence-corrected chi connectivity index (χ2v) is 7.27. The van der Waals surface area contributed by atoms with E-state index in [0.717, 1.165) is 0 Å². The van der Waals surface area contributed by atoms with Crippen molar-refractivity contribution < 1.29 is 8.42 Å². The van der Waals surface area contributed by atoms with Gasteiger partial charge in [0.25, 0.3) is 0 Å². The number of hydrogen-bond acceptors (Lipinski definition) is 3. The number of nitriles is 1. The van der Waals surface area contributed by atoms with Gasteiger partial charge >= 0.3 is 0 Å². The summed E-state index contributed by atoms with van der Waals surface area (Å²) in [6.07, 6.45) is 1.82. The zero-order valence-electron chi connectivity index (χ0n) is 9.74. The van der Waals surface area contributed by atoms with Crippen LogP contribution in [0.4, 0.5) is 0 Å². The fraction of sp³-hybridized carbons (Fsp3) is 0.900. The average Bonchev–Trinajstić information content (AvgIpc) is 2.46. The van der Waals surface area contributed by atoms with Crippen LogP contribution in [0.2, 0.25) is 0 Å². The highest BCUT2D eigenvalue weighted by Gasteiger charge is 2.49. The van der Waals surface area contributed by atoms with E-state index in [1.807, 2.05) is 20.8 Å². The van der Waals surface area contributed by atoms with Crippen LogP contribution in [-0.4, -0.2) is 32.1 Å². The maximum Gasteiger partial charge on any atom is 0.211 e. The van der Waals surface area contributed by atoms with Gasteiger partial charge in [0.05, 0.1) is 17.7 Å². The maximum absolute atomic E-state index is 11.4. The first kappa shape index (κ1) is 12.5. The molecule has 0 aromatic heterocycles. The van der Waals surface area contributed by atoms with Gasteiger partial charge in [-0.15, -0.1) is 0 Å². The number of sulfonamides is 1. The molecule has 1 heterocycles. The summed E-state index contributed by atoms with van der Waals surface area (Å²) in [6, 6.07) is 2.31. The first-order valence-electron chi connectivity index (χ1n) is 4.99. The summed E-state index contributed by atoms with van der Waals surface area (Å²) < 4.78 is 24.2. The fourth-order valence-corrected chi connectivity index (χ4v) is 2.81. The van der Waals surface area contributed by atoms with E-state index in [9.17, 15) is 13.7 Å². The van der Waals surface area contributed by atoms with E-state index >= 15 is 0 Å². The minimum absolute atomic E-state index is 0.193. The molecule has 1 fully saturated rings. The molecule has 5 heteroatoms. The van der Waals surface area contributed by atoms with Crippen molar-refractivity contribution in [3.8, 4) is 6.07 Å². The molecule has 1 aliphatic heterocycles. The molecule has 1 rings (SSSR count). The summed E-state index contributed by atoms with van der Waals surface area (Å²) in [4.78, 5) is 0. The Kier molecular flexibility index (Phi) is 2.88. The molecule has 1 atom stereocenters. The Morgan fingerprint density at radius 3 is 2.13 bits per heavy atom. The molecule has 0 aliphatic carbocycles. The predicted molar refractivity (Wildman–Crippen MR) is 58.5 cm³/mol. The van der Waals surface area contributed by atoms with Gasteiger partial charge in [-0.1, -0.05) is 20.8 Å². The summed E-state index contributed by atoms with van der Waals surface area (Å²) in [7, 11) is -3.16. The molecule has 0 radical (unpaired) electrons. The van der Waals surface area contributed by atoms with Gasteiger partial charge in [0.2, 0.25) is 10.0 Å². The zero-order valence-corrected chi connectivity index (χ0v) is 10.6. The monoisotopic (exact) mass is 230 g/mol. The van der Waals surface area contributed by atoms with E-state index in [4.69, 9.17) is 0 Å². The van der Waals surface area contributed by atoms with E-state index < -0.39 is 15.4 Å². The van der Waals surface area contributed by atoms with Gasteiger partial charge in [-0.3, -0.25) is 0 Å². The average molecular weight is 230 g/mol. The summed E-state index contributed by atoms with van der Waals surface area (Å²) in [5.74, 6) is 0. The lowest BCUT2D eigenvalue weighted by atomic mass is 9.67. The summed E-state index contributed by atoms with van der Waals surface area (Å²) in [6.45, 7) is 6.75. The third-order valence-electron chi connectivity index (χ3n) is 3.35. The molecule has 0 spiro atoms. The van der Waals surface area contributed by atoms with Gasteiger partial charge in [-0.25, -0.2) is 12.7 Å². The minimum Gasteiger partial charge on any atom is -0.213 e. The van der Waals surface area contributed by atoms with Gasteiger partial charge < -0.3 is 0 Å². The Balaban J connectivity index is 3.00. The van der Waals surface area contributed by atoms with E-state index in [2.05, 4.69) is 6.07 Å². The molecule has 1 unspecified atom stereocenters. The van der Waals surface area contributed by atoms with Crippen LogP contribution in [0.5, 0.6) is 0 Å². The van der Waals surface area contributed by atoms with E-state index in [1.165, 1.54) is 10.6 Å². The lowest BCUT2D eigenvalue weighted by Gasteiger charge is -2.35. The van der Waals surface area contributed by atoms with Crippen LogP contribution in [-0.2, 0) is 10.0 Å². The van der Waals surface area contributed by atoms with Crippen molar-refractivity contribution in [1.82, 2.24) is 4.31 Å². The van der Waals surface area contributed by atoms with Gasteiger partial charge in [0.15, 0.2) is 0 Å². The summed E-state index contributed by atoms with van der Waals surface area (Å²) >= 11 is 0. The molecule has 86 valence electrons. The molecule has 0 aromatic rings. The highest BCUT2D eigenvalue weighted by Crippen LogP contribution is 2.45. The van der Waals surface area contributed by atoms with Crippen LogP contribution in [0.1, 0.15) is 27.2 Å². The molecule has 1 saturated heterocycles. The van der Waals surface area contributed by atoms with Gasteiger partial charge in [-0.05, 0) is 11.8 Å². The van der Waals surface area contributed by atoms with Crippen molar-refractivity contribution >= 4 is 10.0 Å². The predicted octanol–water partition coefficient (Wildman–Crippen LogP) is 1.21. The molecule has 0 saturated carbocycles. The maximum atomic E-state index is 11.4. The van der Waals surface area contributed by atoms with Crippen LogP contribution in [0.3, 0.4) is 0 Å². The van der Waals surface area contributed by atoms with Crippen LogP contribution in [0.25, 0.3) is 0 Å². The first-order chi connectivity index (χ1) is 6.62. The smallest absolute Gasteiger partial charge is 0.211 e. The van der Waals surface area contributed by atoms with Gasteiger partial charge in [0.1, 0.15) is 0 Å². The minimum atomic E-state index is -3.16. The van der Waals surface area contributed by atoms with Gasteiger partial charge in [0, 0.05) is 13.1 Å². The zero-order chi connectivity index (χ0) is 11.9. The quantitative estimate of drug-likeness (QED) is 0.680. The number of rotatable bonds is 1. The molecule has 0 amide bonds. The normalized spacial score (nSPS) is 29.0. The standard InChI is InChI=1S/C10H18N2O2S/c1-9(2,3)10(7-11)5-6-12(8-10)15(4,13)14/h5-6,8H2,1-4H3. The molecule has 1 aliphatic rings. The molecule has 0 aromatic carbocycles. The Morgan fingerprint density at radius 2 is 1.93 bits per heavy atom. The lowest BCUT2D eigenvalue weighted by molar-refractivity contribution is 0.170. The van der Waals surface area contributed by atoms with Crippen molar-refractivity contribution in [3.63, 3.8) is 0 Å². The van der Waals surface area contributed by atoms with Crippen LogP contribution < -0.4 is 0 Å². The number of nitrogens with zero attached hydrogens (tertiary/aromatic N) is 2. The Hall–Kier alpha value is -0.600. The van der Waals surface area contributed by atoms with Crippen molar-refractivity contribution in [3.05, 3.63) is 0 Å². The highest BCUT2D eigenvalue weighted by atomic mass is 32.2. The Morgan fingerprint density at radius 1 is 1.40 bits per heavy atom. The molecule has 15 heavy (non-hydrogen) atoms. The third kappa shape index (κ3) is 2.16. The van der Waals surface area contributed by atoms with Crippen molar-refractivity contribution in [2.75, 3.05) is 19.3 Å². The second kappa shape index (κ2) is 3.46. The van der Waals surface area contributed by atoms with Crippen LogP contribution in [0.15, 0.2) is 0 Å². The third-order valence-corrected chi connectivity index (χ3v) is 4.60. The summed E-state index contributed by atoms with van der Waals surface area (Å²) in [5, 5.41) is 9.26. The topological polar surface area (TPSA) is 61.2 Å². The van der Waals surface area contributed by atoms with Gasteiger partial charge in [-0.2, -0.15) is 5.26 Å². The van der Waals surface area contributed by atoms with Crippen molar-refractivity contribution in [1.29, 1.82) is 5.26 Å². The van der Waals surface area contributed by atoms with Crippen LogP contribution in [0, 0.1) is 22.2 Å². The lowest BCUT2D eigenvalue weighted by Crippen LogP contribution is -2.38.